The lowest BCUT2D eigenvalue weighted by molar-refractivity contribution is -0.146. The maximum atomic E-state index is 11.3. The summed E-state index contributed by atoms with van der Waals surface area (Å²) in [6.07, 6.45) is 0. The first-order chi connectivity index (χ1) is 9.47. The zero-order valence-corrected chi connectivity index (χ0v) is 13.0. The van der Waals surface area contributed by atoms with Crippen LogP contribution < -0.4 is 10.9 Å². The quantitative estimate of drug-likeness (QED) is 0.605. The molecule has 0 aliphatic heterocycles. The predicted molar refractivity (Wildman–Crippen MR) is 78.4 cm³/mol. The third kappa shape index (κ3) is 7.37. The molecule has 2 amide bonds. The molecule has 0 aliphatic rings. The Kier molecular flexibility index (Phi) is 7.42. The van der Waals surface area contributed by atoms with Crippen molar-refractivity contribution in [2.75, 3.05) is 12.4 Å². The minimum absolute atomic E-state index is 0.142. The minimum atomic E-state index is -0.594. The largest absolute Gasteiger partial charge is 0.455 e. The first-order valence-electron chi connectivity index (χ1n) is 5.50. The first kappa shape index (κ1) is 16.8. The number of halogens is 1. The zero-order valence-electron chi connectivity index (χ0n) is 10.6. The van der Waals surface area contributed by atoms with Crippen LogP contribution in [0.3, 0.4) is 0 Å². The molecule has 1 aromatic heterocycles. The molecule has 0 bridgehead atoms. The summed E-state index contributed by atoms with van der Waals surface area (Å²) in [6, 6.07) is 3.69. The van der Waals surface area contributed by atoms with Crippen LogP contribution in [0.4, 0.5) is 0 Å². The third-order valence-corrected chi connectivity index (χ3v) is 4.20. The lowest BCUT2D eigenvalue weighted by atomic mass is 10.5. The number of nitrogens with one attached hydrogen (secondary N) is 2. The van der Waals surface area contributed by atoms with E-state index in [1.54, 1.807) is 6.07 Å². The number of hydrogen-bond donors (Lipinski definition) is 2. The van der Waals surface area contributed by atoms with Gasteiger partial charge in [-0.1, -0.05) is 11.6 Å². The van der Waals surface area contributed by atoms with E-state index in [1.165, 1.54) is 30.0 Å². The van der Waals surface area contributed by atoms with Gasteiger partial charge in [0.2, 0.25) is 5.91 Å². The summed E-state index contributed by atoms with van der Waals surface area (Å²) in [4.78, 5) is 34.1. The molecule has 1 rings (SSSR count). The van der Waals surface area contributed by atoms with Crippen molar-refractivity contribution in [3.05, 3.63) is 21.3 Å². The van der Waals surface area contributed by atoms with E-state index in [9.17, 15) is 14.4 Å². The van der Waals surface area contributed by atoms with Crippen LogP contribution in [0, 0.1) is 0 Å². The molecule has 0 saturated carbocycles. The fourth-order valence-electron chi connectivity index (χ4n) is 1.05. The molecule has 20 heavy (non-hydrogen) atoms. The average molecular weight is 337 g/mol. The third-order valence-electron chi connectivity index (χ3n) is 1.84. The van der Waals surface area contributed by atoms with E-state index in [1.807, 2.05) is 6.07 Å². The fraction of sp³-hybridized carbons (Fsp3) is 0.364. The summed E-state index contributed by atoms with van der Waals surface area (Å²) >= 11 is 8.61. The zero-order chi connectivity index (χ0) is 15.0. The number of rotatable bonds is 6. The van der Waals surface area contributed by atoms with E-state index in [-0.39, 0.29) is 5.75 Å². The number of hydrogen-bond acceptors (Lipinski definition) is 6. The van der Waals surface area contributed by atoms with Gasteiger partial charge in [-0.25, -0.2) is 0 Å². The highest BCUT2D eigenvalue weighted by Gasteiger charge is 2.08. The molecule has 0 unspecified atom stereocenters. The number of thioether (sulfide) groups is 1. The second-order valence-corrected chi connectivity index (χ2v) is 6.37. The van der Waals surface area contributed by atoms with Gasteiger partial charge in [0.25, 0.3) is 5.91 Å². The highest BCUT2D eigenvalue weighted by molar-refractivity contribution is 7.99. The highest BCUT2D eigenvalue weighted by atomic mass is 35.5. The van der Waals surface area contributed by atoms with Crippen molar-refractivity contribution >= 4 is 52.5 Å². The molecule has 0 spiro atoms. The first-order valence-corrected chi connectivity index (χ1v) is 7.85. The van der Waals surface area contributed by atoms with E-state index >= 15 is 0 Å². The molecule has 2 N–H and O–H groups in total. The van der Waals surface area contributed by atoms with Crippen molar-refractivity contribution in [1.29, 1.82) is 0 Å². The number of thiophene rings is 1. The average Bonchev–Trinajstić information content (AvgIpc) is 2.79. The summed E-state index contributed by atoms with van der Waals surface area (Å²) in [5.41, 5.74) is 4.18. The number of carbonyl (C=O) groups excluding carboxylic acids is 3. The number of ether oxygens (including phenoxy) is 1. The van der Waals surface area contributed by atoms with Crippen molar-refractivity contribution in [2.45, 2.75) is 12.7 Å². The number of carbonyl (C=O) groups is 3. The number of esters is 1. The SMILES string of the molecule is CC(=O)NNC(=O)COC(=O)CSCc1ccc(Cl)s1. The standard InChI is InChI=1S/C11H13ClN2O4S2/c1-7(15)13-14-10(16)4-18-11(17)6-19-5-8-2-3-9(12)20-8/h2-3H,4-6H2,1H3,(H,13,15)(H,14,16). The lowest BCUT2D eigenvalue weighted by Crippen LogP contribution is -2.42. The van der Waals surface area contributed by atoms with Gasteiger partial charge in [-0.05, 0) is 12.1 Å². The van der Waals surface area contributed by atoms with Gasteiger partial charge >= 0.3 is 5.97 Å². The summed E-state index contributed by atoms with van der Waals surface area (Å²) in [7, 11) is 0. The Bertz CT molecular complexity index is 493. The van der Waals surface area contributed by atoms with Crippen LogP contribution in [0.2, 0.25) is 4.34 Å². The molecule has 0 aromatic carbocycles. The molecule has 0 fully saturated rings. The topological polar surface area (TPSA) is 84.5 Å². The molecule has 0 aliphatic carbocycles. The Balaban J connectivity index is 2.11. The molecular weight excluding hydrogens is 324 g/mol. The van der Waals surface area contributed by atoms with Crippen molar-refractivity contribution in [2.24, 2.45) is 0 Å². The van der Waals surface area contributed by atoms with Gasteiger partial charge in [0.15, 0.2) is 6.61 Å². The molecule has 9 heteroatoms. The Labute approximate surface area is 129 Å². The van der Waals surface area contributed by atoms with Crippen molar-refractivity contribution in [1.82, 2.24) is 10.9 Å². The molecule has 0 saturated heterocycles. The molecular formula is C11H13ClN2O4S2. The summed E-state index contributed by atoms with van der Waals surface area (Å²) in [6.45, 7) is 0.824. The molecule has 1 heterocycles. The van der Waals surface area contributed by atoms with Gasteiger partial charge in [0, 0.05) is 17.6 Å². The van der Waals surface area contributed by atoms with Crippen molar-refractivity contribution < 1.29 is 19.1 Å². The molecule has 1 aromatic rings. The van der Waals surface area contributed by atoms with Crippen LogP contribution in [0.5, 0.6) is 0 Å². The van der Waals surface area contributed by atoms with Crippen LogP contribution >= 0.6 is 34.7 Å². The summed E-state index contributed by atoms with van der Waals surface area (Å²) in [5.74, 6) is -0.692. The van der Waals surface area contributed by atoms with Gasteiger partial charge in [-0.2, -0.15) is 0 Å². The van der Waals surface area contributed by atoms with Crippen LogP contribution in [-0.2, 0) is 24.9 Å². The lowest BCUT2D eigenvalue weighted by Gasteiger charge is -2.06. The van der Waals surface area contributed by atoms with Crippen molar-refractivity contribution in [3.8, 4) is 0 Å². The second-order valence-electron chi connectivity index (χ2n) is 3.59. The highest BCUT2D eigenvalue weighted by Crippen LogP contribution is 2.25. The molecule has 0 radical (unpaired) electrons. The molecule has 6 nitrogen and oxygen atoms in total. The smallest absolute Gasteiger partial charge is 0.316 e. The van der Waals surface area contributed by atoms with Gasteiger partial charge in [0.1, 0.15) is 0 Å². The minimum Gasteiger partial charge on any atom is -0.455 e. The summed E-state index contributed by atoms with van der Waals surface area (Å²) < 4.78 is 5.44. The maximum absolute atomic E-state index is 11.3. The number of amides is 2. The molecule has 0 atom stereocenters. The van der Waals surface area contributed by atoms with Crippen LogP contribution in [0.15, 0.2) is 12.1 Å². The van der Waals surface area contributed by atoms with Gasteiger partial charge in [-0.15, -0.1) is 23.1 Å². The van der Waals surface area contributed by atoms with Gasteiger partial charge in [-0.3, -0.25) is 25.2 Å². The van der Waals surface area contributed by atoms with E-state index in [0.717, 1.165) is 4.88 Å². The van der Waals surface area contributed by atoms with E-state index in [4.69, 9.17) is 16.3 Å². The maximum Gasteiger partial charge on any atom is 0.316 e. The van der Waals surface area contributed by atoms with Crippen LogP contribution in [-0.4, -0.2) is 30.1 Å². The van der Waals surface area contributed by atoms with E-state index in [2.05, 4.69) is 10.9 Å². The van der Waals surface area contributed by atoms with Crippen molar-refractivity contribution in [3.63, 3.8) is 0 Å². The number of hydrazine groups is 1. The van der Waals surface area contributed by atoms with Gasteiger partial charge in [0.05, 0.1) is 10.1 Å². The van der Waals surface area contributed by atoms with Crippen LogP contribution in [0.1, 0.15) is 11.8 Å². The Morgan fingerprint density at radius 3 is 2.70 bits per heavy atom. The normalized spacial score (nSPS) is 9.90. The monoisotopic (exact) mass is 336 g/mol. The fourth-order valence-corrected chi connectivity index (χ4v) is 3.06. The predicted octanol–water partition coefficient (Wildman–Crippen LogP) is 1.35. The Morgan fingerprint density at radius 2 is 2.10 bits per heavy atom. The van der Waals surface area contributed by atoms with Gasteiger partial charge < -0.3 is 4.74 Å². The van der Waals surface area contributed by atoms with E-state index in [0.29, 0.717) is 10.1 Å². The van der Waals surface area contributed by atoms with E-state index < -0.39 is 24.4 Å². The Hall–Kier alpha value is -1.25. The van der Waals surface area contributed by atoms with Crippen LogP contribution in [0.25, 0.3) is 0 Å². The Morgan fingerprint density at radius 1 is 1.35 bits per heavy atom. The molecule has 110 valence electrons. The second kappa shape index (κ2) is 8.83. The summed E-state index contributed by atoms with van der Waals surface area (Å²) in [5, 5.41) is 0.